The molecule has 1 aromatic heterocycles. The number of carbonyl (C=O) groups excluding carboxylic acids is 1. The lowest BCUT2D eigenvalue weighted by Gasteiger charge is -2.36. The van der Waals surface area contributed by atoms with E-state index >= 15 is 0 Å². The zero-order valence-electron chi connectivity index (χ0n) is 12.7. The molecule has 1 aliphatic rings. The van der Waals surface area contributed by atoms with Gasteiger partial charge >= 0.3 is 6.18 Å². The van der Waals surface area contributed by atoms with Crippen LogP contribution in [-0.4, -0.2) is 32.9 Å². The number of alkyl halides is 3. The van der Waals surface area contributed by atoms with Gasteiger partial charge in [0.05, 0.1) is 16.9 Å². The van der Waals surface area contributed by atoms with Gasteiger partial charge in [-0.2, -0.15) is 18.3 Å². The number of benzene rings is 1. The number of aromatic nitrogens is 2. The molecule has 3 rings (SSSR count). The van der Waals surface area contributed by atoms with E-state index in [-0.39, 0.29) is 17.9 Å². The summed E-state index contributed by atoms with van der Waals surface area (Å²) in [5.74, 6) is -0.471. The van der Waals surface area contributed by atoms with Crippen LogP contribution in [0.1, 0.15) is 35.3 Å². The number of hydrogen-bond donors (Lipinski definition) is 2. The van der Waals surface area contributed by atoms with E-state index in [9.17, 15) is 23.1 Å². The third kappa shape index (κ3) is 3.43. The number of hydrogen-bond acceptors (Lipinski definition) is 3. The minimum absolute atomic E-state index is 0.0790. The molecule has 128 valence electrons. The summed E-state index contributed by atoms with van der Waals surface area (Å²) in [6.45, 7) is 0.141. The minimum atomic E-state index is -4.44. The van der Waals surface area contributed by atoms with Gasteiger partial charge in [-0.15, -0.1) is 0 Å². The van der Waals surface area contributed by atoms with Crippen LogP contribution in [0.15, 0.2) is 36.5 Å². The molecule has 0 bridgehead atoms. The molecule has 2 aromatic rings. The molecule has 1 aromatic carbocycles. The van der Waals surface area contributed by atoms with Crippen LogP contribution in [0, 0.1) is 0 Å². The number of halogens is 3. The van der Waals surface area contributed by atoms with Crippen molar-refractivity contribution in [1.29, 1.82) is 0 Å². The van der Waals surface area contributed by atoms with Crippen LogP contribution >= 0.6 is 0 Å². The first kappa shape index (κ1) is 16.5. The summed E-state index contributed by atoms with van der Waals surface area (Å²) >= 11 is 0. The molecule has 1 aliphatic carbocycles. The molecule has 0 atom stereocenters. The molecule has 0 unspecified atom stereocenters. The first-order valence-electron chi connectivity index (χ1n) is 7.51. The molecule has 2 N–H and O–H groups in total. The highest BCUT2D eigenvalue weighted by Crippen LogP contribution is 2.31. The summed E-state index contributed by atoms with van der Waals surface area (Å²) in [7, 11) is 0. The Bertz CT molecular complexity index is 751. The summed E-state index contributed by atoms with van der Waals surface area (Å²) in [5.41, 5.74) is -1.34. The van der Waals surface area contributed by atoms with E-state index in [1.165, 1.54) is 29.1 Å². The smallest absolute Gasteiger partial charge is 0.388 e. The van der Waals surface area contributed by atoms with Crippen molar-refractivity contribution < 1.29 is 23.1 Å². The van der Waals surface area contributed by atoms with Gasteiger partial charge in [0.1, 0.15) is 0 Å². The van der Waals surface area contributed by atoms with Gasteiger partial charge in [-0.1, -0.05) is 6.07 Å². The lowest BCUT2D eigenvalue weighted by Crippen LogP contribution is -2.47. The molecule has 24 heavy (non-hydrogen) atoms. The second-order valence-electron chi connectivity index (χ2n) is 5.95. The predicted octanol–water partition coefficient (Wildman–Crippen LogP) is 2.54. The topological polar surface area (TPSA) is 67.2 Å². The monoisotopic (exact) mass is 339 g/mol. The lowest BCUT2D eigenvalue weighted by molar-refractivity contribution is -0.137. The molecular formula is C16H16F3N3O2. The van der Waals surface area contributed by atoms with Crippen LogP contribution in [0.3, 0.4) is 0 Å². The Kier molecular flexibility index (Phi) is 4.08. The average molecular weight is 339 g/mol. The Morgan fingerprint density at radius 2 is 2.08 bits per heavy atom. The van der Waals surface area contributed by atoms with Crippen LogP contribution in [0.25, 0.3) is 5.69 Å². The van der Waals surface area contributed by atoms with Gasteiger partial charge in [0.25, 0.3) is 5.91 Å². The third-order valence-corrected chi connectivity index (χ3v) is 4.12. The summed E-state index contributed by atoms with van der Waals surface area (Å²) in [5, 5.41) is 16.5. The van der Waals surface area contributed by atoms with Crippen molar-refractivity contribution in [3.63, 3.8) is 0 Å². The van der Waals surface area contributed by atoms with E-state index in [0.29, 0.717) is 12.8 Å². The molecular weight excluding hydrogens is 323 g/mol. The van der Waals surface area contributed by atoms with Gasteiger partial charge in [-0.3, -0.25) is 4.79 Å². The Morgan fingerprint density at radius 1 is 1.33 bits per heavy atom. The first-order valence-corrected chi connectivity index (χ1v) is 7.51. The Morgan fingerprint density at radius 3 is 2.71 bits per heavy atom. The highest BCUT2D eigenvalue weighted by Gasteiger charge is 2.34. The molecule has 1 amide bonds. The maximum Gasteiger partial charge on any atom is 0.416 e. The van der Waals surface area contributed by atoms with Gasteiger partial charge in [0.2, 0.25) is 0 Å². The lowest BCUT2D eigenvalue weighted by atomic mass is 9.80. The van der Waals surface area contributed by atoms with E-state index in [1.54, 1.807) is 0 Å². The van der Waals surface area contributed by atoms with E-state index in [0.717, 1.165) is 18.6 Å². The molecule has 8 heteroatoms. The van der Waals surface area contributed by atoms with Gasteiger partial charge in [-0.05, 0) is 43.5 Å². The number of rotatable bonds is 4. The number of carbonyl (C=O) groups is 1. The van der Waals surface area contributed by atoms with Crippen LogP contribution < -0.4 is 5.32 Å². The van der Waals surface area contributed by atoms with Gasteiger partial charge in [0, 0.05) is 12.7 Å². The molecule has 5 nitrogen and oxygen atoms in total. The molecule has 0 aliphatic heterocycles. The maximum absolute atomic E-state index is 12.8. The van der Waals surface area contributed by atoms with Crippen LogP contribution in [0.2, 0.25) is 0 Å². The molecule has 0 radical (unpaired) electrons. The Hall–Kier alpha value is -2.35. The highest BCUT2D eigenvalue weighted by atomic mass is 19.4. The fourth-order valence-corrected chi connectivity index (χ4v) is 2.51. The van der Waals surface area contributed by atoms with Gasteiger partial charge in [0.15, 0.2) is 5.69 Å². The summed E-state index contributed by atoms with van der Waals surface area (Å²) < 4.78 is 39.5. The second kappa shape index (κ2) is 5.94. The molecule has 0 saturated heterocycles. The molecule has 1 fully saturated rings. The first-order chi connectivity index (χ1) is 11.3. The zero-order chi connectivity index (χ0) is 17.4. The third-order valence-electron chi connectivity index (χ3n) is 4.12. The maximum atomic E-state index is 12.8. The summed E-state index contributed by atoms with van der Waals surface area (Å²) in [6, 6.07) is 6.11. The number of nitrogens with zero attached hydrogens (tertiary/aromatic N) is 2. The zero-order valence-corrected chi connectivity index (χ0v) is 12.7. The van der Waals surface area contributed by atoms with Crippen molar-refractivity contribution in [2.24, 2.45) is 0 Å². The minimum Gasteiger partial charge on any atom is -0.388 e. The van der Waals surface area contributed by atoms with Crippen molar-refractivity contribution in [3.05, 3.63) is 47.8 Å². The molecule has 1 saturated carbocycles. The largest absolute Gasteiger partial charge is 0.416 e. The van der Waals surface area contributed by atoms with Crippen molar-refractivity contribution in [1.82, 2.24) is 15.1 Å². The van der Waals surface area contributed by atoms with E-state index < -0.39 is 23.2 Å². The van der Waals surface area contributed by atoms with E-state index in [4.69, 9.17) is 0 Å². The predicted molar refractivity (Wildman–Crippen MR) is 79.7 cm³/mol. The SMILES string of the molecule is O=C(NCC1(O)CCC1)c1ccn(-c2cccc(C(F)(F)F)c2)n1. The van der Waals surface area contributed by atoms with Gasteiger partial charge < -0.3 is 10.4 Å². The normalized spacial score (nSPS) is 16.5. The Labute approximate surface area is 136 Å². The molecule has 1 heterocycles. The summed E-state index contributed by atoms with van der Waals surface area (Å²) in [4.78, 5) is 12.0. The fraction of sp³-hybridized carbons (Fsp3) is 0.375. The number of aliphatic hydroxyl groups is 1. The second-order valence-corrected chi connectivity index (χ2v) is 5.95. The van der Waals surface area contributed by atoms with Crippen molar-refractivity contribution in [3.8, 4) is 5.69 Å². The number of nitrogens with one attached hydrogen (secondary N) is 1. The standard InChI is InChI=1S/C16H16F3N3O2/c17-16(18,19)11-3-1-4-12(9-11)22-8-5-13(21-22)14(23)20-10-15(24)6-2-7-15/h1,3-5,8-9,24H,2,6-7,10H2,(H,20,23). The van der Waals surface area contributed by atoms with E-state index in [1.807, 2.05) is 0 Å². The van der Waals surface area contributed by atoms with Crippen LogP contribution in [0.4, 0.5) is 13.2 Å². The highest BCUT2D eigenvalue weighted by molar-refractivity contribution is 5.92. The molecule has 0 spiro atoms. The van der Waals surface area contributed by atoms with E-state index in [2.05, 4.69) is 10.4 Å². The quantitative estimate of drug-likeness (QED) is 0.900. The van der Waals surface area contributed by atoms with Gasteiger partial charge in [-0.25, -0.2) is 4.68 Å². The van der Waals surface area contributed by atoms with Crippen molar-refractivity contribution in [2.75, 3.05) is 6.54 Å². The fourth-order valence-electron chi connectivity index (χ4n) is 2.51. The van der Waals surface area contributed by atoms with Crippen molar-refractivity contribution >= 4 is 5.91 Å². The summed E-state index contributed by atoms with van der Waals surface area (Å²) in [6.07, 6.45) is -0.807. The van der Waals surface area contributed by atoms with Crippen LogP contribution in [-0.2, 0) is 6.18 Å². The van der Waals surface area contributed by atoms with Crippen LogP contribution in [0.5, 0.6) is 0 Å². The number of amides is 1. The Balaban J connectivity index is 1.72. The average Bonchev–Trinajstić information content (AvgIpc) is 3.00. The van der Waals surface area contributed by atoms with Crippen molar-refractivity contribution in [2.45, 2.75) is 31.0 Å².